The molecule has 2 nitrogen and oxygen atoms in total. The summed E-state index contributed by atoms with van der Waals surface area (Å²) in [4.78, 5) is 2.95. The van der Waals surface area contributed by atoms with Gasteiger partial charge >= 0.3 is 0 Å². The number of rotatable bonds is 6. The Balaban J connectivity index is 1.64. The van der Waals surface area contributed by atoms with Crippen molar-refractivity contribution in [2.24, 2.45) is 29.4 Å². The fourth-order valence-electron chi connectivity index (χ4n) is 6.37. The van der Waals surface area contributed by atoms with Crippen LogP contribution < -0.4 is 5.73 Å². The summed E-state index contributed by atoms with van der Waals surface area (Å²) in [7, 11) is 0. The number of nitrogens with zero attached hydrogens (tertiary/aromatic N) is 1. The molecule has 5 rings (SSSR count). The van der Waals surface area contributed by atoms with E-state index < -0.39 is 0 Å². The summed E-state index contributed by atoms with van der Waals surface area (Å²) < 4.78 is 0. The molecule has 0 aromatic carbocycles. The average molecular weight is 276 g/mol. The van der Waals surface area contributed by atoms with E-state index in [4.69, 9.17) is 5.73 Å². The van der Waals surface area contributed by atoms with Gasteiger partial charge in [-0.05, 0) is 81.6 Å². The molecule has 0 aromatic heterocycles. The van der Waals surface area contributed by atoms with E-state index in [9.17, 15) is 0 Å². The minimum atomic E-state index is 0.407. The molecule has 5 aliphatic rings. The Morgan fingerprint density at radius 2 is 1.60 bits per heavy atom. The van der Waals surface area contributed by atoms with E-state index in [-0.39, 0.29) is 0 Å². The van der Waals surface area contributed by atoms with E-state index in [0.717, 1.165) is 36.3 Å². The Hall–Kier alpha value is -0.0800. The fraction of sp³-hybridized carbons (Fsp3) is 1.00. The molecule has 0 unspecified atom stereocenters. The summed E-state index contributed by atoms with van der Waals surface area (Å²) in [5.74, 6) is 3.98. The number of nitrogens with two attached hydrogens (primary N) is 1. The van der Waals surface area contributed by atoms with Crippen molar-refractivity contribution in [3.05, 3.63) is 0 Å². The largest absolute Gasteiger partial charge is 0.329 e. The first kappa shape index (κ1) is 13.6. The van der Waals surface area contributed by atoms with Gasteiger partial charge in [-0.15, -0.1) is 0 Å². The molecule has 5 fully saturated rings. The summed E-state index contributed by atoms with van der Waals surface area (Å²) in [6, 6.07) is 0.891. The highest BCUT2D eigenvalue weighted by molar-refractivity contribution is 5.14. The lowest BCUT2D eigenvalue weighted by atomic mass is 9.48. The van der Waals surface area contributed by atoms with Crippen molar-refractivity contribution in [3.8, 4) is 0 Å². The smallest absolute Gasteiger partial charge is 0.0391 e. The summed E-state index contributed by atoms with van der Waals surface area (Å²) in [5, 5.41) is 0. The molecule has 20 heavy (non-hydrogen) atoms. The zero-order valence-corrected chi connectivity index (χ0v) is 13.2. The van der Waals surface area contributed by atoms with Crippen molar-refractivity contribution in [2.75, 3.05) is 13.1 Å². The quantitative estimate of drug-likeness (QED) is 0.805. The molecule has 0 heterocycles. The molecule has 4 bridgehead atoms. The lowest BCUT2D eigenvalue weighted by Crippen LogP contribution is -2.69. The average Bonchev–Trinajstić information content (AvgIpc) is 3.26. The van der Waals surface area contributed by atoms with Crippen molar-refractivity contribution in [1.29, 1.82) is 0 Å². The molecule has 5 saturated carbocycles. The standard InChI is InChI=1S/C18H32N2/c1-2-3-6-20(17-4-5-17)18(12-19)15-8-13-7-14(10-15)11-16(18)9-13/h13-17H,2-12,19H2,1H3. The summed E-state index contributed by atoms with van der Waals surface area (Å²) in [6.07, 6.45) is 13.1. The second-order valence-corrected chi connectivity index (χ2v) is 8.28. The van der Waals surface area contributed by atoms with E-state index in [0.29, 0.717) is 5.54 Å². The molecule has 0 aliphatic heterocycles. The van der Waals surface area contributed by atoms with Gasteiger partial charge in [0.1, 0.15) is 0 Å². The van der Waals surface area contributed by atoms with Crippen LogP contribution in [0.1, 0.15) is 64.7 Å². The Morgan fingerprint density at radius 1 is 1.00 bits per heavy atom. The molecular formula is C18H32N2. The fourth-order valence-corrected chi connectivity index (χ4v) is 6.37. The van der Waals surface area contributed by atoms with Gasteiger partial charge in [-0.3, -0.25) is 4.90 Å². The van der Waals surface area contributed by atoms with E-state index in [1.807, 2.05) is 0 Å². The Morgan fingerprint density at radius 3 is 2.05 bits per heavy atom. The molecule has 0 atom stereocenters. The Kier molecular flexibility index (Phi) is 3.38. The Labute approximate surface area is 124 Å². The van der Waals surface area contributed by atoms with Crippen LogP contribution in [0.2, 0.25) is 0 Å². The van der Waals surface area contributed by atoms with Crippen LogP contribution >= 0.6 is 0 Å². The maximum absolute atomic E-state index is 6.49. The molecule has 0 radical (unpaired) electrons. The van der Waals surface area contributed by atoms with Gasteiger partial charge in [-0.25, -0.2) is 0 Å². The van der Waals surface area contributed by atoms with E-state index in [2.05, 4.69) is 11.8 Å². The van der Waals surface area contributed by atoms with Gasteiger partial charge in [0.15, 0.2) is 0 Å². The normalized spacial score (nSPS) is 46.4. The van der Waals surface area contributed by atoms with Crippen LogP contribution in [0.15, 0.2) is 0 Å². The predicted molar refractivity (Wildman–Crippen MR) is 83.5 cm³/mol. The Bertz CT molecular complexity index is 332. The first-order valence-corrected chi connectivity index (χ1v) is 9.24. The van der Waals surface area contributed by atoms with Crippen LogP contribution in [0.3, 0.4) is 0 Å². The summed E-state index contributed by atoms with van der Waals surface area (Å²) in [5.41, 5.74) is 6.89. The SMILES string of the molecule is CCCCN(C1CC1)C1(CN)C2CC3CC(C2)CC1C3. The van der Waals surface area contributed by atoms with Crippen LogP contribution in [0.4, 0.5) is 0 Å². The number of hydrogen-bond donors (Lipinski definition) is 1. The molecule has 5 aliphatic carbocycles. The van der Waals surface area contributed by atoms with Crippen molar-refractivity contribution < 1.29 is 0 Å². The highest BCUT2D eigenvalue weighted by Crippen LogP contribution is 2.61. The van der Waals surface area contributed by atoms with Gasteiger partial charge in [-0.2, -0.15) is 0 Å². The zero-order chi connectivity index (χ0) is 13.7. The third-order valence-electron chi connectivity index (χ3n) is 7.15. The van der Waals surface area contributed by atoms with Crippen LogP contribution in [0.25, 0.3) is 0 Å². The molecular weight excluding hydrogens is 244 g/mol. The van der Waals surface area contributed by atoms with Crippen LogP contribution in [0.5, 0.6) is 0 Å². The van der Waals surface area contributed by atoms with Crippen molar-refractivity contribution in [3.63, 3.8) is 0 Å². The third kappa shape index (κ3) is 1.90. The molecule has 114 valence electrons. The van der Waals surface area contributed by atoms with Crippen molar-refractivity contribution in [1.82, 2.24) is 4.90 Å². The molecule has 0 saturated heterocycles. The van der Waals surface area contributed by atoms with Gasteiger partial charge in [0.2, 0.25) is 0 Å². The topological polar surface area (TPSA) is 29.3 Å². The minimum absolute atomic E-state index is 0.407. The van der Waals surface area contributed by atoms with Gasteiger partial charge in [0.05, 0.1) is 0 Å². The summed E-state index contributed by atoms with van der Waals surface area (Å²) in [6.45, 7) is 4.58. The highest BCUT2D eigenvalue weighted by Gasteiger charge is 2.60. The molecule has 0 amide bonds. The summed E-state index contributed by atoms with van der Waals surface area (Å²) >= 11 is 0. The van der Waals surface area contributed by atoms with Crippen molar-refractivity contribution >= 4 is 0 Å². The monoisotopic (exact) mass is 276 g/mol. The molecule has 0 aromatic rings. The number of hydrogen-bond acceptors (Lipinski definition) is 2. The lowest BCUT2D eigenvalue weighted by Gasteiger charge is -2.65. The van der Waals surface area contributed by atoms with Gasteiger partial charge in [0, 0.05) is 18.1 Å². The van der Waals surface area contributed by atoms with Crippen LogP contribution in [0, 0.1) is 23.7 Å². The maximum atomic E-state index is 6.49. The first-order valence-electron chi connectivity index (χ1n) is 9.24. The van der Waals surface area contributed by atoms with Crippen LogP contribution in [-0.2, 0) is 0 Å². The predicted octanol–water partition coefficient (Wildman–Crippen LogP) is 3.40. The third-order valence-corrected chi connectivity index (χ3v) is 7.15. The first-order chi connectivity index (χ1) is 9.77. The molecule has 2 heteroatoms. The van der Waals surface area contributed by atoms with Crippen LogP contribution in [-0.4, -0.2) is 29.6 Å². The van der Waals surface area contributed by atoms with Gasteiger partial charge in [0.25, 0.3) is 0 Å². The molecule has 2 N–H and O–H groups in total. The van der Waals surface area contributed by atoms with E-state index in [1.54, 1.807) is 6.42 Å². The second-order valence-electron chi connectivity index (χ2n) is 8.28. The minimum Gasteiger partial charge on any atom is -0.329 e. The molecule has 0 spiro atoms. The maximum Gasteiger partial charge on any atom is 0.0391 e. The highest BCUT2D eigenvalue weighted by atomic mass is 15.3. The number of unbranched alkanes of at least 4 members (excludes halogenated alkanes) is 1. The van der Waals surface area contributed by atoms with E-state index in [1.165, 1.54) is 57.9 Å². The lowest BCUT2D eigenvalue weighted by molar-refractivity contribution is -0.135. The van der Waals surface area contributed by atoms with Gasteiger partial charge < -0.3 is 5.73 Å². The van der Waals surface area contributed by atoms with E-state index >= 15 is 0 Å². The van der Waals surface area contributed by atoms with Crippen molar-refractivity contribution in [2.45, 2.75) is 76.3 Å². The second kappa shape index (κ2) is 4.98. The van der Waals surface area contributed by atoms with Gasteiger partial charge in [-0.1, -0.05) is 13.3 Å². The zero-order valence-electron chi connectivity index (χ0n) is 13.2.